The molecule has 0 aliphatic heterocycles. The number of ether oxygens (including phenoxy) is 1. The Morgan fingerprint density at radius 3 is 2.35 bits per heavy atom. The Kier molecular flexibility index (Phi) is 4.72. The maximum Gasteiger partial charge on any atom is 0.302 e. The van der Waals surface area contributed by atoms with Gasteiger partial charge in [0.1, 0.15) is 0 Å². The minimum atomic E-state index is -0.237. The molecule has 1 heterocycles. The number of ketones is 1. The molecule has 4 heteroatoms. The quantitative estimate of drug-likeness (QED) is 0.405. The van der Waals surface area contributed by atoms with E-state index < -0.39 is 0 Å². The van der Waals surface area contributed by atoms with Gasteiger partial charge in [0.2, 0.25) is 0 Å². The second-order valence-electron chi connectivity index (χ2n) is 8.54. The van der Waals surface area contributed by atoms with Gasteiger partial charge in [0, 0.05) is 42.0 Å². The van der Waals surface area contributed by atoms with Gasteiger partial charge in [0.25, 0.3) is 0 Å². The summed E-state index contributed by atoms with van der Waals surface area (Å²) in [6.07, 6.45) is 3.74. The lowest BCUT2D eigenvalue weighted by Gasteiger charge is -2.05. The fraction of sp³-hybridized carbons (Fsp3) is 0.545. The number of aromatic nitrogens is 1. The highest BCUT2D eigenvalue weighted by Gasteiger charge is 2.68. The molecule has 0 N–H and O–H groups in total. The van der Waals surface area contributed by atoms with Gasteiger partial charge in [-0.3, -0.25) is 9.59 Å². The molecule has 0 spiro atoms. The van der Waals surface area contributed by atoms with Crippen molar-refractivity contribution in [3.8, 4) is 0 Å². The van der Waals surface area contributed by atoms with Crippen LogP contribution in [0.5, 0.6) is 0 Å². The summed E-state index contributed by atoms with van der Waals surface area (Å²) in [5.41, 5.74) is 2.01. The number of carbonyl (C=O) groups is 2. The molecule has 140 valence electrons. The molecular formula is C22H29NO3. The molecule has 1 aliphatic carbocycles. The number of rotatable bonds is 7. The van der Waals surface area contributed by atoms with Crippen molar-refractivity contribution >= 4 is 22.7 Å². The Morgan fingerprint density at radius 1 is 1.08 bits per heavy atom. The molecule has 2 aromatic rings. The van der Waals surface area contributed by atoms with E-state index in [-0.39, 0.29) is 28.5 Å². The molecule has 1 aromatic carbocycles. The fourth-order valence-electron chi connectivity index (χ4n) is 4.24. The van der Waals surface area contributed by atoms with Crippen LogP contribution in [-0.2, 0) is 16.1 Å². The number of unbranched alkanes of at least 4 members (excludes halogenated alkanes) is 1. The molecule has 0 saturated heterocycles. The van der Waals surface area contributed by atoms with Crippen LogP contribution in [0.25, 0.3) is 10.9 Å². The molecule has 0 unspecified atom stereocenters. The predicted molar refractivity (Wildman–Crippen MR) is 103 cm³/mol. The normalized spacial score (nSPS) is 18.0. The molecule has 0 bridgehead atoms. The minimum absolute atomic E-state index is 0.0390. The molecule has 1 aromatic heterocycles. The monoisotopic (exact) mass is 355 g/mol. The van der Waals surface area contributed by atoms with Crippen molar-refractivity contribution in [3.05, 3.63) is 36.0 Å². The van der Waals surface area contributed by atoms with Crippen LogP contribution in [0.4, 0.5) is 0 Å². The van der Waals surface area contributed by atoms with E-state index in [1.807, 2.05) is 24.4 Å². The molecule has 0 radical (unpaired) electrons. The van der Waals surface area contributed by atoms with E-state index in [4.69, 9.17) is 4.74 Å². The van der Waals surface area contributed by atoms with E-state index in [9.17, 15) is 9.59 Å². The Bertz CT molecular complexity index is 830. The van der Waals surface area contributed by atoms with Gasteiger partial charge in [-0.05, 0) is 29.7 Å². The number of hydrogen-bond donors (Lipinski definition) is 0. The highest BCUT2D eigenvalue weighted by atomic mass is 16.5. The lowest BCUT2D eigenvalue weighted by molar-refractivity contribution is -0.141. The average molecular weight is 355 g/mol. The molecule has 26 heavy (non-hydrogen) atoms. The van der Waals surface area contributed by atoms with E-state index in [1.54, 1.807) is 0 Å². The third-order valence-electron chi connectivity index (χ3n) is 6.44. The third-order valence-corrected chi connectivity index (χ3v) is 6.44. The standard InChI is InChI=1S/C22H29NO3/c1-15(24)26-13-9-8-12-23-14-17(16-10-6-7-11-18(16)23)19(25)20-21(2,3)22(20,4)5/h6-7,10-11,14,20H,8-9,12-13H2,1-5H3. The lowest BCUT2D eigenvalue weighted by atomic mass is 10.0. The second-order valence-corrected chi connectivity index (χ2v) is 8.54. The van der Waals surface area contributed by atoms with E-state index in [0.717, 1.165) is 35.9 Å². The summed E-state index contributed by atoms with van der Waals surface area (Å²) in [5, 5.41) is 1.04. The summed E-state index contributed by atoms with van der Waals surface area (Å²) < 4.78 is 7.16. The molecule has 3 rings (SSSR count). The topological polar surface area (TPSA) is 48.3 Å². The van der Waals surface area contributed by atoms with Crippen molar-refractivity contribution in [2.45, 2.75) is 54.0 Å². The van der Waals surface area contributed by atoms with E-state index in [0.29, 0.717) is 6.61 Å². The average Bonchev–Trinajstić information content (AvgIpc) is 2.85. The Labute approximate surface area is 155 Å². The zero-order valence-electron chi connectivity index (χ0n) is 16.5. The molecule has 1 fully saturated rings. The number of esters is 1. The highest BCUT2D eigenvalue weighted by molar-refractivity contribution is 6.11. The fourth-order valence-corrected chi connectivity index (χ4v) is 4.24. The van der Waals surface area contributed by atoms with E-state index in [1.165, 1.54) is 6.92 Å². The van der Waals surface area contributed by atoms with Crippen molar-refractivity contribution in [2.75, 3.05) is 6.61 Å². The summed E-state index contributed by atoms with van der Waals surface area (Å²) in [5.74, 6) is 0.0899. The van der Waals surface area contributed by atoms with Crippen LogP contribution in [0.1, 0.15) is 57.8 Å². The highest BCUT2D eigenvalue weighted by Crippen LogP contribution is 2.69. The number of aryl methyl sites for hydroxylation is 1. The number of carbonyl (C=O) groups excluding carboxylic acids is 2. The van der Waals surface area contributed by atoms with Gasteiger partial charge in [0.15, 0.2) is 5.78 Å². The van der Waals surface area contributed by atoms with Crippen molar-refractivity contribution in [1.82, 2.24) is 4.57 Å². The summed E-state index contributed by atoms with van der Waals surface area (Å²) in [6, 6.07) is 8.12. The Hall–Kier alpha value is -2.10. The number of fused-ring (bicyclic) bond motifs is 1. The van der Waals surface area contributed by atoms with Crippen LogP contribution in [0, 0.1) is 16.7 Å². The largest absolute Gasteiger partial charge is 0.466 e. The maximum absolute atomic E-state index is 13.2. The molecular weight excluding hydrogens is 326 g/mol. The smallest absolute Gasteiger partial charge is 0.302 e. The summed E-state index contributed by atoms with van der Waals surface area (Å²) in [7, 11) is 0. The van der Waals surface area contributed by atoms with E-state index >= 15 is 0 Å². The SMILES string of the molecule is CC(=O)OCCCCn1cc(C(=O)C2C(C)(C)C2(C)C)c2ccccc21. The van der Waals surface area contributed by atoms with Gasteiger partial charge in [-0.15, -0.1) is 0 Å². The number of para-hydroxylation sites is 1. The second kappa shape index (κ2) is 6.57. The minimum Gasteiger partial charge on any atom is -0.466 e. The van der Waals surface area contributed by atoms with Gasteiger partial charge >= 0.3 is 5.97 Å². The van der Waals surface area contributed by atoms with Gasteiger partial charge in [-0.2, -0.15) is 0 Å². The zero-order valence-corrected chi connectivity index (χ0v) is 16.5. The maximum atomic E-state index is 13.2. The third kappa shape index (κ3) is 3.06. The van der Waals surface area contributed by atoms with Crippen LogP contribution < -0.4 is 0 Å². The zero-order chi connectivity index (χ0) is 19.1. The first kappa shape index (κ1) is 18.7. The summed E-state index contributed by atoms with van der Waals surface area (Å²) in [6.45, 7) is 11.4. The van der Waals surface area contributed by atoms with Crippen LogP contribution in [0.3, 0.4) is 0 Å². The molecule has 0 atom stereocenters. The molecule has 0 amide bonds. The number of Topliss-reactive ketones (excluding diaryl/α,β-unsaturated/α-hetero) is 1. The first-order chi connectivity index (χ1) is 12.2. The van der Waals surface area contributed by atoms with Gasteiger partial charge < -0.3 is 9.30 Å². The van der Waals surface area contributed by atoms with Crippen LogP contribution in [0.2, 0.25) is 0 Å². The molecule has 1 aliphatic rings. The summed E-state index contributed by atoms with van der Waals surface area (Å²) >= 11 is 0. The van der Waals surface area contributed by atoms with Crippen molar-refractivity contribution in [3.63, 3.8) is 0 Å². The van der Waals surface area contributed by atoms with Crippen molar-refractivity contribution < 1.29 is 14.3 Å². The van der Waals surface area contributed by atoms with Gasteiger partial charge in [0.05, 0.1) is 6.61 Å². The Balaban J connectivity index is 1.80. The van der Waals surface area contributed by atoms with Crippen LogP contribution >= 0.6 is 0 Å². The van der Waals surface area contributed by atoms with Crippen molar-refractivity contribution in [1.29, 1.82) is 0 Å². The van der Waals surface area contributed by atoms with E-state index in [2.05, 4.69) is 38.3 Å². The van der Waals surface area contributed by atoms with Crippen molar-refractivity contribution in [2.24, 2.45) is 16.7 Å². The first-order valence-electron chi connectivity index (χ1n) is 9.43. The number of nitrogens with zero attached hydrogens (tertiary/aromatic N) is 1. The number of hydrogen-bond acceptors (Lipinski definition) is 3. The predicted octanol–water partition coefficient (Wildman–Crippen LogP) is 4.85. The van der Waals surface area contributed by atoms with Crippen LogP contribution in [-0.4, -0.2) is 22.9 Å². The molecule has 1 saturated carbocycles. The van der Waals surface area contributed by atoms with Gasteiger partial charge in [-0.1, -0.05) is 45.9 Å². The number of benzene rings is 1. The van der Waals surface area contributed by atoms with Gasteiger partial charge in [-0.25, -0.2) is 0 Å². The molecule has 4 nitrogen and oxygen atoms in total. The summed E-state index contributed by atoms with van der Waals surface area (Å²) in [4.78, 5) is 24.1. The Morgan fingerprint density at radius 2 is 1.73 bits per heavy atom. The lowest BCUT2D eigenvalue weighted by Crippen LogP contribution is -2.07. The van der Waals surface area contributed by atoms with Crippen LogP contribution in [0.15, 0.2) is 30.5 Å². The first-order valence-corrected chi connectivity index (χ1v) is 9.43.